The zero-order valence-electron chi connectivity index (χ0n) is 7.76. The minimum absolute atomic E-state index is 0.821. The SMILES string of the molecule is Clc1cc(Br)ccc1N1CCNCC1. The predicted molar refractivity (Wildman–Crippen MR) is 64.2 cm³/mol. The monoisotopic (exact) mass is 274 g/mol. The normalized spacial score (nSPS) is 17.1. The summed E-state index contributed by atoms with van der Waals surface area (Å²) in [4.78, 5) is 2.31. The van der Waals surface area contributed by atoms with Crippen molar-refractivity contribution < 1.29 is 0 Å². The first kappa shape index (κ1) is 10.3. The standard InChI is InChI=1S/C10H12BrClN2/c11-8-1-2-10(9(12)7-8)14-5-3-13-4-6-14/h1-2,7,13H,3-6H2. The van der Waals surface area contributed by atoms with Gasteiger partial charge in [-0.2, -0.15) is 0 Å². The Hall–Kier alpha value is -0.250. The van der Waals surface area contributed by atoms with Crippen LogP contribution in [-0.4, -0.2) is 26.2 Å². The van der Waals surface area contributed by atoms with E-state index in [9.17, 15) is 0 Å². The summed E-state index contributed by atoms with van der Waals surface area (Å²) in [6.07, 6.45) is 0. The Morgan fingerprint density at radius 1 is 1.29 bits per heavy atom. The Bertz CT molecular complexity index is 324. The van der Waals surface area contributed by atoms with Gasteiger partial charge in [0.25, 0.3) is 0 Å². The summed E-state index contributed by atoms with van der Waals surface area (Å²) in [7, 11) is 0. The average Bonchev–Trinajstić information content (AvgIpc) is 2.19. The van der Waals surface area contributed by atoms with Crippen molar-refractivity contribution >= 4 is 33.2 Å². The molecular formula is C10H12BrClN2. The van der Waals surface area contributed by atoms with Crippen molar-refractivity contribution in [3.8, 4) is 0 Å². The number of halogens is 2. The third-order valence-electron chi connectivity index (χ3n) is 2.37. The zero-order valence-corrected chi connectivity index (χ0v) is 10.1. The van der Waals surface area contributed by atoms with Crippen molar-refractivity contribution in [2.75, 3.05) is 31.1 Å². The van der Waals surface area contributed by atoms with Gasteiger partial charge in [0.2, 0.25) is 0 Å². The van der Waals surface area contributed by atoms with Crippen LogP contribution in [0.2, 0.25) is 5.02 Å². The molecule has 1 saturated heterocycles. The van der Waals surface area contributed by atoms with E-state index in [-0.39, 0.29) is 0 Å². The molecule has 1 fully saturated rings. The predicted octanol–water partition coefficient (Wildman–Crippen LogP) is 2.51. The van der Waals surface area contributed by atoms with Gasteiger partial charge in [0, 0.05) is 30.7 Å². The molecule has 14 heavy (non-hydrogen) atoms. The molecule has 1 aliphatic rings. The van der Waals surface area contributed by atoms with E-state index in [1.165, 1.54) is 0 Å². The maximum Gasteiger partial charge on any atom is 0.0650 e. The van der Waals surface area contributed by atoms with Crippen molar-refractivity contribution in [3.05, 3.63) is 27.7 Å². The van der Waals surface area contributed by atoms with Crippen molar-refractivity contribution in [2.45, 2.75) is 0 Å². The maximum absolute atomic E-state index is 6.17. The molecule has 2 nitrogen and oxygen atoms in total. The lowest BCUT2D eigenvalue weighted by Crippen LogP contribution is -2.43. The second kappa shape index (κ2) is 4.51. The summed E-state index contributed by atoms with van der Waals surface area (Å²) < 4.78 is 1.03. The number of nitrogens with one attached hydrogen (secondary N) is 1. The number of nitrogens with zero attached hydrogens (tertiary/aromatic N) is 1. The fraction of sp³-hybridized carbons (Fsp3) is 0.400. The van der Waals surface area contributed by atoms with Crippen LogP contribution < -0.4 is 10.2 Å². The Labute approximate surface area is 97.4 Å². The van der Waals surface area contributed by atoms with Gasteiger partial charge in [-0.1, -0.05) is 27.5 Å². The summed E-state index contributed by atoms with van der Waals surface area (Å²) in [6, 6.07) is 6.04. The number of rotatable bonds is 1. The largest absolute Gasteiger partial charge is 0.368 e. The topological polar surface area (TPSA) is 15.3 Å². The van der Waals surface area contributed by atoms with Crippen LogP contribution in [0.25, 0.3) is 0 Å². The molecule has 0 atom stereocenters. The molecule has 0 bridgehead atoms. The number of anilines is 1. The first-order chi connectivity index (χ1) is 6.77. The summed E-state index contributed by atoms with van der Waals surface area (Å²) in [5, 5.41) is 4.14. The van der Waals surface area contributed by atoms with Crippen LogP contribution >= 0.6 is 27.5 Å². The second-order valence-corrected chi connectivity index (χ2v) is 4.66. The van der Waals surface area contributed by atoms with Gasteiger partial charge in [-0.05, 0) is 18.2 Å². The summed E-state index contributed by atoms with van der Waals surface area (Å²) in [6.45, 7) is 4.13. The lowest BCUT2D eigenvalue weighted by atomic mass is 10.2. The number of hydrogen-bond acceptors (Lipinski definition) is 2. The molecule has 0 radical (unpaired) electrons. The molecule has 1 aliphatic heterocycles. The van der Waals surface area contributed by atoms with Crippen LogP contribution in [0.1, 0.15) is 0 Å². The van der Waals surface area contributed by atoms with Gasteiger partial charge < -0.3 is 10.2 Å². The van der Waals surface area contributed by atoms with Gasteiger partial charge in [-0.25, -0.2) is 0 Å². The fourth-order valence-electron chi connectivity index (χ4n) is 1.64. The minimum atomic E-state index is 0.821. The van der Waals surface area contributed by atoms with Crippen molar-refractivity contribution in [3.63, 3.8) is 0 Å². The highest BCUT2D eigenvalue weighted by atomic mass is 79.9. The van der Waals surface area contributed by atoms with Crippen LogP contribution in [0, 0.1) is 0 Å². The molecule has 1 heterocycles. The fourth-order valence-corrected chi connectivity index (χ4v) is 2.44. The Kier molecular flexibility index (Phi) is 3.31. The number of piperazine rings is 1. The second-order valence-electron chi connectivity index (χ2n) is 3.33. The van der Waals surface area contributed by atoms with Crippen LogP contribution in [0.5, 0.6) is 0 Å². The highest BCUT2D eigenvalue weighted by molar-refractivity contribution is 9.10. The third kappa shape index (κ3) is 2.22. The van der Waals surface area contributed by atoms with Gasteiger partial charge >= 0.3 is 0 Å². The van der Waals surface area contributed by atoms with E-state index in [2.05, 4.69) is 32.2 Å². The van der Waals surface area contributed by atoms with Gasteiger partial charge in [0.15, 0.2) is 0 Å². The number of hydrogen-bond donors (Lipinski definition) is 1. The maximum atomic E-state index is 6.17. The van der Waals surface area contributed by atoms with Gasteiger partial charge in [0.1, 0.15) is 0 Å². The van der Waals surface area contributed by atoms with E-state index < -0.39 is 0 Å². The zero-order chi connectivity index (χ0) is 9.97. The quantitative estimate of drug-likeness (QED) is 0.847. The Morgan fingerprint density at radius 3 is 2.64 bits per heavy atom. The molecule has 2 rings (SSSR count). The molecule has 0 unspecified atom stereocenters. The first-order valence-corrected chi connectivity index (χ1v) is 5.85. The summed E-state index contributed by atoms with van der Waals surface area (Å²) >= 11 is 9.58. The highest BCUT2D eigenvalue weighted by Gasteiger charge is 2.12. The van der Waals surface area contributed by atoms with E-state index in [1.54, 1.807) is 0 Å². The lowest BCUT2D eigenvalue weighted by Gasteiger charge is -2.30. The molecule has 1 aromatic rings. The molecule has 0 saturated carbocycles. The van der Waals surface area contributed by atoms with E-state index in [1.807, 2.05) is 12.1 Å². The van der Waals surface area contributed by atoms with Gasteiger partial charge in [-0.3, -0.25) is 0 Å². The molecular weight excluding hydrogens is 263 g/mol. The smallest absolute Gasteiger partial charge is 0.0650 e. The first-order valence-electron chi connectivity index (χ1n) is 4.68. The molecule has 0 aromatic heterocycles. The summed E-state index contributed by atoms with van der Waals surface area (Å²) in [5.41, 5.74) is 1.14. The molecule has 1 N–H and O–H groups in total. The molecule has 0 amide bonds. The molecule has 4 heteroatoms. The lowest BCUT2D eigenvalue weighted by molar-refractivity contribution is 0.589. The van der Waals surface area contributed by atoms with Crippen molar-refractivity contribution in [2.24, 2.45) is 0 Å². The van der Waals surface area contributed by atoms with Crippen LogP contribution in [-0.2, 0) is 0 Å². The van der Waals surface area contributed by atoms with E-state index >= 15 is 0 Å². The summed E-state index contributed by atoms with van der Waals surface area (Å²) in [5.74, 6) is 0. The Morgan fingerprint density at radius 2 is 2.00 bits per heavy atom. The van der Waals surface area contributed by atoms with E-state index in [4.69, 9.17) is 11.6 Å². The minimum Gasteiger partial charge on any atom is -0.368 e. The molecule has 1 aromatic carbocycles. The third-order valence-corrected chi connectivity index (χ3v) is 3.16. The van der Waals surface area contributed by atoms with Crippen molar-refractivity contribution in [1.29, 1.82) is 0 Å². The van der Waals surface area contributed by atoms with Crippen LogP contribution in [0.15, 0.2) is 22.7 Å². The Balaban J connectivity index is 2.22. The molecule has 0 spiro atoms. The number of benzene rings is 1. The highest BCUT2D eigenvalue weighted by Crippen LogP contribution is 2.28. The van der Waals surface area contributed by atoms with Crippen LogP contribution in [0.3, 0.4) is 0 Å². The molecule has 0 aliphatic carbocycles. The van der Waals surface area contributed by atoms with E-state index in [0.717, 1.165) is 41.4 Å². The van der Waals surface area contributed by atoms with Gasteiger partial charge in [0.05, 0.1) is 10.7 Å². The average molecular weight is 276 g/mol. The van der Waals surface area contributed by atoms with E-state index in [0.29, 0.717) is 0 Å². The van der Waals surface area contributed by atoms with Gasteiger partial charge in [-0.15, -0.1) is 0 Å². The molecule has 76 valence electrons. The van der Waals surface area contributed by atoms with Crippen molar-refractivity contribution in [1.82, 2.24) is 5.32 Å². The van der Waals surface area contributed by atoms with Crippen LogP contribution in [0.4, 0.5) is 5.69 Å².